The molecule has 1 aliphatic rings. The van der Waals surface area contributed by atoms with Crippen LogP contribution in [0, 0.1) is 0 Å². The average molecular weight is 359 g/mol. The summed E-state index contributed by atoms with van der Waals surface area (Å²) in [6.07, 6.45) is 2.23. The van der Waals surface area contributed by atoms with Crippen molar-refractivity contribution in [2.75, 3.05) is 29.9 Å². The van der Waals surface area contributed by atoms with E-state index in [0.29, 0.717) is 24.0 Å². The number of rotatable bonds is 6. The maximum Gasteiger partial charge on any atom is 0.311 e. The van der Waals surface area contributed by atoms with Crippen LogP contribution in [0.25, 0.3) is 0 Å². The molecule has 0 radical (unpaired) electrons. The quantitative estimate of drug-likeness (QED) is 0.803. The Kier molecular flexibility index (Phi) is 5.65. The van der Waals surface area contributed by atoms with Crippen LogP contribution < -0.4 is 10.2 Å². The highest BCUT2D eigenvalue weighted by Gasteiger charge is 2.19. The number of thiazole rings is 1. The molecule has 0 bridgehead atoms. The molecule has 0 fully saturated rings. The predicted molar refractivity (Wildman–Crippen MR) is 98.1 cm³/mol. The third-order valence-electron chi connectivity index (χ3n) is 3.97. The Labute approximate surface area is 150 Å². The number of nitrogens with one attached hydrogen (secondary N) is 1. The third kappa shape index (κ3) is 4.57. The van der Waals surface area contributed by atoms with Gasteiger partial charge in [0.1, 0.15) is 0 Å². The zero-order chi connectivity index (χ0) is 17.6. The lowest BCUT2D eigenvalue weighted by Gasteiger charge is -2.30. The number of fused-ring (bicyclic) bond motifs is 1. The number of aryl methyl sites for hydroxylation is 1. The summed E-state index contributed by atoms with van der Waals surface area (Å²) in [4.78, 5) is 30.2. The first-order valence-corrected chi connectivity index (χ1v) is 9.26. The van der Waals surface area contributed by atoms with Crippen molar-refractivity contribution in [2.45, 2.75) is 26.2 Å². The molecule has 1 aliphatic heterocycles. The Morgan fingerprint density at radius 3 is 3.04 bits per heavy atom. The second kappa shape index (κ2) is 8.11. The maximum atomic E-state index is 12.3. The molecule has 1 N–H and O–H groups in total. The number of hydrogen-bond donors (Lipinski definition) is 1. The number of hydrogen-bond acceptors (Lipinski definition) is 6. The van der Waals surface area contributed by atoms with Crippen LogP contribution in [0.1, 0.15) is 24.6 Å². The van der Waals surface area contributed by atoms with E-state index in [0.717, 1.165) is 25.1 Å². The smallest absolute Gasteiger partial charge is 0.311 e. The standard InChI is InChI=1S/C18H21N3O3S/c1-2-24-17(23)10-14-12-25-18(19-14)20-16(22)11-21-9-5-7-13-6-3-4-8-15(13)21/h3-4,6,8,12H,2,5,7,9-11H2,1H3,(H,19,20,22). The first kappa shape index (κ1) is 17.4. The highest BCUT2D eigenvalue weighted by Crippen LogP contribution is 2.26. The number of amides is 1. The van der Waals surface area contributed by atoms with E-state index in [1.54, 1.807) is 12.3 Å². The molecule has 2 aromatic rings. The van der Waals surface area contributed by atoms with Gasteiger partial charge in [-0.1, -0.05) is 18.2 Å². The van der Waals surface area contributed by atoms with E-state index in [2.05, 4.69) is 27.3 Å². The van der Waals surface area contributed by atoms with Crippen molar-refractivity contribution in [3.63, 3.8) is 0 Å². The Morgan fingerprint density at radius 2 is 2.20 bits per heavy atom. The molecule has 0 aliphatic carbocycles. The zero-order valence-corrected chi connectivity index (χ0v) is 15.0. The van der Waals surface area contributed by atoms with Crippen molar-refractivity contribution in [2.24, 2.45) is 0 Å². The molecule has 0 unspecified atom stereocenters. The van der Waals surface area contributed by atoms with Gasteiger partial charge in [-0.05, 0) is 31.4 Å². The second-order valence-electron chi connectivity index (χ2n) is 5.83. The lowest BCUT2D eigenvalue weighted by atomic mass is 10.0. The fourth-order valence-electron chi connectivity index (χ4n) is 2.91. The van der Waals surface area contributed by atoms with Crippen molar-refractivity contribution in [1.29, 1.82) is 0 Å². The number of anilines is 2. The molecule has 3 rings (SSSR count). The van der Waals surface area contributed by atoms with Crippen LogP contribution in [0.5, 0.6) is 0 Å². The van der Waals surface area contributed by atoms with E-state index in [9.17, 15) is 9.59 Å². The molecule has 6 nitrogen and oxygen atoms in total. The highest BCUT2D eigenvalue weighted by atomic mass is 32.1. The van der Waals surface area contributed by atoms with Gasteiger partial charge in [0.15, 0.2) is 5.13 Å². The molecule has 0 spiro atoms. The minimum atomic E-state index is -0.310. The molecule has 7 heteroatoms. The van der Waals surface area contributed by atoms with Gasteiger partial charge in [-0.25, -0.2) is 4.98 Å². The van der Waals surface area contributed by atoms with Crippen molar-refractivity contribution in [1.82, 2.24) is 4.98 Å². The Bertz CT molecular complexity index is 760. The van der Waals surface area contributed by atoms with Crippen molar-refractivity contribution < 1.29 is 14.3 Å². The lowest BCUT2D eigenvalue weighted by molar-refractivity contribution is -0.142. The summed E-state index contributed by atoms with van der Waals surface area (Å²) in [6.45, 7) is 3.29. The molecule has 25 heavy (non-hydrogen) atoms. The van der Waals surface area contributed by atoms with Crippen LogP contribution in [-0.2, 0) is 27.2 Å². The van der Waals surface area contributed by atoms with Crippen molar-refractivity contribution in [3.05, 3.63) is 40.9 Å². The number of esters is 1. The molecule has 1 aromatic carbocycles. The highest BCUT2D eigenvalue weighted by molar-refractivity contribution is 7.13. The largest absolute Gasteiger partial charge is 0.466 e. The number of aromatic nitrogens is 1. The summed E-state index contributed by atoms with van der Waals surface area (Å²) in [6, 6.07) is 8.20. The number of nitrogens with zero attached hydrogens (tertiary/aromatic N) is 2. The first-order chi connectivity index (χ1) is 12.2. The van der Waals surface area contributed by atoms with Crippen LogP contribution >= 0.6 is 11.3 Å². The molecule has 1 aromatic heterocycles. The van der Waals surface area contributed by atoms with Gasteiger partial charge in [0, 0.05) is 17.6 Å². The first-order valence-electron chi connectivity index (χ1n) is 8.38. The molecule has 0 atom stereocenters. The molecule has 0 saturated heterocycles. The van der Waals surface area contributed by atoms with Gasteiger partial charge in [0.05, 0.1) is 25.3 Å². The number of carbonyl (C=O) groups is 2. The minimum absolute atomic E-state index is 0.103. The van der Waals surface area contributed by atoms with E-state index < -0.39 is 0 Å². The number of benzene rings is 1. The van der Waals surface area contributed by atoms with E-state index in [4.69, 9.17) is 4.74 Å². The third-order valence-corrected chi connectivity index (χ3v) is 4.78. The topological polar surface area (TPSA) is 71.5 Å². The van der Waals surface area contributed by atoms with E-state index in [-0.39, 0.29) is 18.3 Å². The number of para-hydroxylation sites is 1. The second-order valence-corrected chi connectivity index (χ2v) is 6.69. The molecular formula is C18H21N3O3S. The summed E-state index contributed by atoms with van der Waals surface area (Å²) >= 11 is 1.32. The van der Waals surface area contributed by atoms with Crippen LogP contribution in [0.4, 0.5) is 10.8 Å². The Morgan fingerprint density at radius 1 is 1.36 bits per heavy atom. The van der Waals surface area contributed by atoms with Crippen LogP contribution in [0.3, 0.4) is 0 Å². The molecular weight excluding hydrogens is 338 g/mol. The fourth-order valence-corrected chi connectivity index (χ4v) is 3.64. The summed E-state index contributed by atoms with van der Waals surface area (Å²) in [7, 11) is 0. The Balaban J connectivity index is 1.57. The normalized spacial score (nSPS) is 13.2. The van der Waals surface area contributed by atoms with Gasteiger partial charge in [0.2, 0.25) is 5.91 Å². The molecule has 1 amide bonds. The van der Waals surface area contributed by atoms with Gasteiger partial charge in [0.25, 0.3) is 0 Å². The Hall–Kier alpha value is -2.41. The van der Waals surface area contributed by atoms with Crippen LogP contribution in [0.15, 0.2) is 29.6 Å². The minimum Gasteiger partial charge on any atom is -0.466 e. The average Bonchev–Trinajstić information content (AvgIpc) is 3.02. The molecule has 0 saturated carbocycles. The van der Waals surface area contributed by atoms with Crippen molar-refractivity contribution >= 4 is 34.0 Å². The van der Waals surface area contributed by atoms with E-state index >= 15 is 0 Å². The van der Waals surface area contributed by atoms with Gasteiger partial charge in [-0.3, -0.25) is 9.59 Å². The van der Waals surface area contributed by atoms with Crippen LogP contribution in [0.2, 0.25) is 0 Å². The summed E-state index contributed by atoms with van der Waals surface area (Å²) in [5, 5.41) is 5.10. The van der Waals surface area contributed by atoms with Crippen LogP contribution in [-0.4, -0.2) is 36.6 Å². The van der Waals surface area contributed by atoms with Gasteiger partial charge >= 0.3 is 5.97 Å². The predicted octanol–water partition coefficient (Wildman–Crippen LogP) is 2.64. The molecule has 2 heterocycles. The monoisotopic (exact) mass is 359 g/mol. The zero-order valence-electron chi connectivity index (χ0n) is 14.2. The lowest BCUT2D eigenvalue weighted by Crippen LogP contribution is -2.36. The maximum absolute atomic E-state index is 12.3. The number of carbonyl (C=O) groups excluding carboxylic acids is 2. The van der Waals surface area contributed by atoms with Gasteiger partial charge in [-0.2, -0.15) is 0 Å². The van der Waals surface area contributed by atoms with E-state index in [1.807, 2.05) is 12.1 Å². The molecule has 132 valence electrons. The summed E-state index contributed by atoms with van der Waals surface area (Å²) in [5.74, 6) is -0.413. The van der Waals surface area contributed by atoms with Crippen molar-refractivity contribution in [3.8, 4) is 0 Å². The van der Waals surface area contributed by atoms with Gasteiger partial charge < -0.3 is 15.0 Å². The summed E-state index contributed by atoms with van der Waals surface area (Å²) in [5.41, 5.74) is 3.03. The van der Waals surface area contributed by atoms with E-state index in [1.165, 1.54) is 16.9 Å². The number of ether oxygens (including phenoxy) is 1. The SMILES string of the molecule is CCOC(=O)Cc1csc(NC(=O)CN2CCCc3ccccc32)n1. The van der Waals surface area contributed by atoms with Gasteiger partial charge in [-0.15, -0.1) is 11.3 Å². The fraction of sp³-hybridized carbons (Fsp3) is 0.389. The summed E-state index contributed by atoms with van der Waals surface area (Å²) < 4.78 is 4.90.